The fraction of sp³-hybridized carbons (Fsp3) is 0.375. The smallest absolute Gasteiger partial charge is 0.206 e. The van der Waals surface area contributed by atoms with Gasteiger partial charge in [0.25, 0.3) is 0 Å². The summed E-state index contributed by atoms with van der Waals surface area (Å²) in [7, 11) is 0. The van der Waals surface area contributed by atoms with E-state index >= 15 is 0 Å². The maximum absolute atomic E-state index is 12.9. The predicted molar refractivity (Wildman–Crippen MR) is 89.6 cm³/mol. The molecule has 7 heteroatoms. The van der Waals surface area contributed by atoms with Gasteiger partial charge in [-0.3, -0.25) is 4.79 Å². The van der Waals surface area contributed by atoms with Gasteiger partial charge in [0.2, 0.25) is 10.7 Å². The quantitative estimate of drug-likeness (QED) is 0.548. The zero-order valence-electron chi connectivity index (χ0n) is 12.8. The van der Waals surface area contributed by atoms with Crippen LogP contribution in [0.1, 0.15) is 47.4 Å². The number of rotatable bonds is 6. The number of ether oxygens (including phenoxy) is 1. The van der Waals surface area contributed by atoms with Gasteiger partial charge in [-0.05, 0) is 59.0 Å². The topological polar surface area (TPSA) is 75.4 Å². The third-order valence-electron chi connectivity index (χ3n) is 3.68. The number of nitrogens with zero attached hydrogens (tertiary/aromatic N) is 1. The molecule has 0 amide bonds. The van der Waals surface area contributed by atoms with E-state index in [4.69, 9.17) is 9.26 Å². The summed E-state index contributed by atoms with van der Waals surface area (Å²) in [6.07, 6.45) is 5.00. The van der Waals surface area contributed by atoms with Gasteiger partial charge in [-0.25, -0.2) is 0 Å². The molecule has 5 nitrogen and oxygen atoms in total. The Labute approximate surface area is 145 Å². The highest BCUT2D eigenvalue weighted by Gasteiger charge is 2.35. The third-order valence-corrected chi connectivity index (χ3v) is 5.28. The van der Waals surface area contributed by atoms with Crippen LogP contribution in [-0.4, -0.2) is 28.4 Å². The number of carbonyl (C=O) groups excluding carboxylic acids is 1. The molecule has 23 heavy (non-hydrogen) atoms. The van der Waals surface area contributed by atoms with Crippen LogP contribution in [0.3, 0.4) is 0 Å². The normalized spacial score (nSPS) is 15.5. The Hall–Kier alpha value is -1.31. The predicted octanol–water partition coefficient (Wildman–Crippen LogP) is 3.68. The van der Waals surface area contributed by atoms with E-state index < -0.39 is 11.2 Å². The SMILES string of the molecule is CCOc1c(Br)ccc(C(=O)c2cnoc2C2CC2)c1[S+](C)[O-]. The zero-order valence-corrected chi connectivity index (χ0v) is 15.2. The lowest BCUT2D eigenvalue weighted by molar-refractivity contribution is 0.103. The molecule has 1 aromatic carbocycles. The van der Waals surface area contributed by atoms with Gasteiger partial charge in [-0.2, -0.15) is 0 Å². The zero-order chi connectivity index (χ0) is 16.6. The van der Waals surface area contributed by atoms with E-state index in [1.54, 1.807) is 12.1 Å². The van der Waals surface area contributed by atoms with Crippen molar-refractivity contribution in [3.05, 3.63) is 39.7 Å². The van der Waals surface area contributed by atoms with Gasteiger partial charge in [0, 0.05) is 5.92 Å². The average Bonchev–Trinajstić information content (AvgIpc) is 3.25. The highest BCUT2D eigenvalue weighted by Crippen LogP contribution is 2.43. The summed E-state index contributed by atoms with van der Waals surface area (Å²) in [4.78, 5) is 13.3. The largest absolute Gasteiger partial charge is 0.612 e. The molecule has 1 heterocycles. The van der Waals surface area contributed by atoms with Crippen molar-refractivity contribution in [2.24, 2.45) is 0 Å². The molecule has 0 radical (unpaired) electrons. The van der Waals surface area contributed by atoms with Crippen molar-refractivity contribution in [3.8, 4) is 5.75 Å². The van der Waals surface area contributed by atoms with Gasteiger partial charge in [0.15, 0.2) is 11.5 Å². The Morgan fingerprint density at radius 1 is 1.48 bits per heavy atom. The lowest BCUT2D eigenvalue weighted by Crippen LogP contribution is -2.13. The summed E-state index contributed by atoms with van der Waals surface area (Å²) >= 11 is 2.02. The molecule has 0 bridgehead atoms. The summed E-state index contributed by atoms with van der Waals surface area (Å²) in [6.45, 7) is 2.26. The molecular weight excluding hydrogens is 382 g/mol. The molecule has 0 saturated heterocycles. The monoisotopic (exact) mass is 397 g/mol. The van der Waals surface area contributed by atoms with E-state index in [1.165, 1.54) is 12.5 Å². The lowest BCUT2D eigenvalue weighted by Gasteiger charge is -2.15. The van der Waals surface area contributed by atoms with Crippen molar-refractivity contribution in [1.82, 2.24) is 5.16 Å². The number of ketones is 1. The van der Waals surface area contributed by atoms with Crippen molar-refractivity contribution in [3.63, 3.8) is 0 Å². The second-order valence-electron chi connectivity index (χ2n) is 5.35. The van der Waals surface area contributed by atoms with E-state index in [2.05, 4.69) is 21.1 Å². The van der Waals surface area contributed by atoms with Crippen LogP contribution in [0.2, 0.25) is 0 Å². The van der Waals surface area contributed by atoms with E-state index in [9.17, 15) is 9.35 Å². The lowest BCUT2D eigenvalue weighted by atomic mass is 10.0. The number of aromatic nitrogens is 1. The molecule has 1 fully saturated rings. The molecular formula is C16H16BrNO4S. The molecule has 1 saturated carbocycles. The summed E-state index contributed by atoms with van der Waals surface area (Å²) in [5, 5.41) is 3.77. The number of halogens is 1. The van der Waals surface area contributed by atoms with Crippen molar-refractivity contribution in [2.45, 2.75) is 30.6 Å². The first-order chi connectivity index (χ1) is 11.0. The molecule has 1 aliphatic carbocycles. The summed E-state index contributed by atoms with van der Waals surface area (Å²) < 4.78 is 23.8. The minimum Gasteiger partial charge on any atom is -0.612 e. The number of benzene rings is 1. The number of hydrogen-bond acceptors (Lipinski definition) is 5. The maximum Gasteiger partial charge on any atom is 0.206 e. The molecule has 1 aromatic heterocycles. The van der Waals surface area contributed by atoms with E-state index in [0.29, 0.717) is 38.6 Å². The Kier molecular flexibility index (Phi) is 4.79. The van der Waals surface area contributed by atoms with Gasteiger partial charge in [-0.15, -0.1) is 0 Å². The molecule has 1 atom stereocenters. The minimum absolute atomic E-state index is 0.230. The Bertz CT molecular complexity index is 740. The first-order valence-corrected chi connectivity index (χ1v) is 9.67. The highest BCUT2D eigenvalue weighted by atomic mass is 79.9. The number of hydrogen-bond donors (Lipinski definition) is 0. The average molecular weight is 398 g/mol. The summed E-state index contributed by atoms with van der Waals surface area (Å²) in [5.74, 6) is 1.12. The molecule has 0 spiro atoms. The second-order valence-corrected chi connectivity index (χ2v) is 7.52. The van der Waals surface area contributed by atoms with E-state index in [1.807, 2.05) is 6.92 Å². The third kappa shape index (κ3) is 3.18. The fourth-order valence-corrected chi connectivity index (χ4v) is 3.96. The molecule has 0 aliphatic heterocycles. The van der Waals surface area contributed by atoms with Crippen LogP contribution in [0.25, 0.3) is 0 Å². The van der Waals surface area contributed by atoms with Crippen molar-refractivity contribution < 1.29 is 18.6 Å². The van der Waals surface area contributed by atoms with Crippen LogP contribution in [0, 0.1) is 0 Å². The van der Waals surface area contributed by atoms with Crippen LogP contribution >= 0.6 is 15.9 Å². The van der Waals surface area contributed by atoms with Gasteiger partial charge in [0.05, 0.1) is 28.4 Å². The van der Waals surface area contributed by atoms with Crippen LogP contribution in [0.5, 0.6) is 5.75 Å². The van der Waals surface area contributed by atoms with E-state index in [0.717, 1.165) is 12.8 Å². The van der Waals surface area contributed by atoms with Gasteiger partial charge >= 0.3 is 0 Å². The van der Waals surface area contributed by atoms with Crippen LogP contribution in [0.4, 0.5) is 0 Å². The van der Waals surface area contributed by atoms with Gasteiger partial charge in [0.1, 0.15) is 6.26 Å². The standard InChI is InChI=1S/C16H16BrNO4S/c1-3-21-15-12(17)7-6-10(16(15)23(2)20)13(19)11-8-18-22-14(11)9-4-5-9/h6-9H,3-5H2,1-2H3. The highest BCUT2D eigenvalue weighted by molar-refractivity contribution is 9.10. The molecule has 3 rings (SSSR count). The molecule has 0 N–H and O–H groups in total. The second kappa shape index (κ2) is 6.67. The van der Waals surface area contributed by atoms with Crippen LogP contribution in [0.15, 0.2) is 32.2 Å². The molecule has 122 valence electrons. The number of carbonyl (C=O) groups is 1. The van der Waals surface area contributed by atoms with Gasteiger partial charge < -0.3 is 13.8 Å². The minimum atomic E-state index is -1.37. The van der Waals surface area contributed by atoms with Crippen molar-refractivity contribution in [1.29, 1.82) is 0 Å². The Morgan fingerprint density at radius 3 is 2.83 bits per heavy atom. The molecule has 2 aromatic rings. The van der Waals surface area contributed by atoms with Crippen LogP contribution in [-0.2, 0) is 11.2 Å². The van der Waals surface area contributed by atoms with Crippen LogP contribution < -0.4 is 4.74 Å². The Balaban J connectivity index is 2.09. The van der Waals surface area contributed by atoms with E-state index in [-0.39, 0.29) is 11.7 Å². The summed E-state index contributed by atoms with van der Waals surface area (Å²) in [6, 6.07) is 3.40. The van der Waals surface area contributed by atoms with Crippen molar-refractivity contribution in [2.75, 3.05) is 12.9 Å². The van der Waals surface area contributed by atoms with Gasteiger partial charge in [-0.1, -0.05) is 5.16 Å². The van der Waals surface area contributed by atoms with Crippen molar-refractivity contribution >= 4 is 32.9 Å². The summed E-state index contributed by atoms with van der Waals surface area (Å²) in [5.41, 5.74) is 0.812. The molecule has 1 aliphatic rings. The maximum atomic E-state index is 12.9. The first kappa shape index (κ1) is 16.5. The fourth-order valence-electron chi connectivity index (χ4n) is 2.49. The molecule has 1 unspecified atom stereocenters. The Morgan fingerprint density at radius 2 is 2.22 bits per heavy atom. The first-order valence-electron chi connectivity index (χ1n) is 7.32.